The minimum absolute atomic E-state index is 0.153. The van der Waals surface area contributed by atoms with Crippen LogP contribution in [0.3, 0.4) is 0 Å². The summed E-state index contributed by atoms with van der Waals surface area (Å²) in [6, 6.07) is -0.318. The minimum Gasteiger partial charge on any atom is -0.464 e. The molecule has 1 heterocycles. The normalized spacial score (nSPS) is 20.7. The molecule has 0 aromatic heterocycles. The maximum absolute atomic E-state index is 12.6. The molecule has 26 heavy (non-hydrogen) atoms. The lowest BCUT2D eigenvalue weighted by atomic mass is 10.1. The van der Waals surface area contributed by atoms with Gasteiger partial charge in [0.1, 0.15) is 6.04 Å². The lowest BCUT2D eigenvalue weighted by molar-refractivity contribution is -0.154. The second-order valence-electron chi connectivity index (χ2n) is 8.17. The van der Waals surface area contributed by atoms with Gasteiger partial charge < -0.3 is 9.64 Å². The van der Waals surface area contributed by atoms with Crippen LogP contribution in [0.15, 0.2) is 0 Å². The van der Waals surface area contributed by atoms with Gasteiger partial charge in [0.05, 0.1) is 6.61 Å². The number of amides is 1. The van der Waals surface area contributed by atoms with Gasteiger partial charge in [-0.15, -0.1) is 0 Å². The standard InChI is InChI=1S/C22H39NO3/c1-2-3-4-5-6-7-8-9-12-18-26-22(25)20-16-13-17-23(20)21(24)19-14-10-11-15-19/h19-20H,2-18H2,1H3. The van der Waals surface area contributed by atoms with Crippen LogP contribution in [0.1, 0.15) is 103 Å². The first-order valence-electron chi connectivity index (χ1n) is 11.2. The largest absolute Gasteiger partial charge is 0.464 e. The SMILES string of the molecule is CCCCCCCCCCCOC(=O)C1CCCN1C(=O)C1CCCC1. The van der Waals surface area contributed by atoms with Gasteiger partial charge in [-0.1, -0.05) is 71.1 Å². The Labute approximate surface area is 160 Å². The summed E-state index contributed by atoms with van der Waals surface area (Å²) in [6.07, 6.45) is 17.3. The maximum Gasteiger partial charge on any atom is 0.328 e. The Morgan fingerprint density at radius 2 is 1.46 bits per heavy atom. The van der Waals surface area contributed by atoms with Crippen LogP contribution in [0, 0.1) is 5.92 Å². The number of likely N-dealkylation sites (tertiary alicyclic amines) is 1. The average Bonchev–Trinajstić information content (AvgIpc) is 3.34. The predicted molar refractivity (Wildman–Crippen MR) is 105 cm³/mol. The number of nitrogens with zero attached hydrogens (tertiary/aromatic N) is 1. The van der Waals surface area contributed by atoms with Crippen molar-refractivity contribution in [1.29, 1.82) is 0 Å². The zero-order valence-electron chi connectivity index (χ0n) is 16.8. The smallest absolute Gasteiger partial charge is 0.328 e. The van der Waals surface area contributed by atoms with Crippen LogP contribution in [0.5, 0.6) is 0 Å². The van der Waals surface area contributed by atoms with E-state index in [9.17, 15) is 9.59 Å². The molecule has 150 valence electrons. The molecular weight excluding hydrogens is 326 g/mol. The first kappa shape index (κ1) is 21.2. The van der Waals surface area contributed by atoms with E-state index in [1.54, 1.807) is 0 Å². The topological polar surface area (TPSA) is 46.6 Å². The highest BCUT2D eigenvalue weighted by molar-refractivity contribution is 5.86. The number of rotatable bonds is 12. The summed E-state index contributed by atoms with van der Waals surface area (Å²) in [5.41, 5.74) is 0. The monoisotopic (exact) mass is 365 g/mol. The molecule has 1 saturated carbocycles. The summed E-state index contributed by atoms with van der Waals surface area (Å²) >= 11 is 0. The molecule has 0 spiro atoms. The Bertz CT molecular complexity index is 418. The maximum atomic E-state index is 12.6. The van der Waals surface area contributed by atoms with Gasteiger partial charge in [0.2, 0.25) is 5.91 Å². The molecule has 4 nitrogen and oxygen atoms in total. The molecule has 2 fully saturated rings. The lowest BCUT2D eigenvalue weighted by Crippen LogP contribution is -2.43. The van der Waals surface area contributed by atoms with Gasteiger partial charge in [0.25, 0.3) is 0 Å². The summed E-state index contributed by atoms with van der Waals surface area (Å²) in [4.78, 5) is 26.8. The van der Waals surface area contributed by atoms with Crippen LogP contribution < -0.4 is 0 Å². The molecule has 1 amide bonds. The van der Waals surface area contributed by atoms with E-state index in [0.717, 1.165) is 57.9 Å². The molecule has 1 saturated heterocycles. The zero-order valence-corrected chi connectivity index (χ0v) is 16.8. The summed E-state index contributed by atoms with van der Waals surface area (Å²) in [7, 11) is 0. The third-order valence-electron chi connectivity index (χ3n) is 6.00. The molecule has 4 heteroatoms. The van der Waals surface area contributed by atoms with Crippen molar-refractivity contribution in [2.45, 2.75) is 109 Å². The highest BCUT2D eigenvalue weighted by Gasteiger charge is 2.38. The van der Waals surface area contributed by atoms with Crippen LogP contribution in [0.25, 0.3) is 0 Å². The Kier molecular flexibility index (Phi) is 10.1. The van der Waals surface area contributed by atoms with E-state index in [4.69, 9.17) is 4.74 Å². The van der Waals surface area contributed by atoms with Crippen LogP contribution >= 0.6 is 0 Å². The van der Waals surface area contributed by atoms with Crippen LogP contribution in [0.2, 0.25) is 0 Å². The number of hydrogen-bond donors (Lipinski definition) is 0. The second kappa shape index (κ2) is 12.3. The number of ether oxygens (including phenoxy) is 1. The second-order valence-corrected chi connectivity index (χ2v) is 8.17. The van der Waals surface area contributed by atoms with Gasteiger partial charge in [0, 0.05) is 12.5 Å². The molecule has 0 bridgehead atoms. The highest BCUT2D eigenvalue weighted by Crippen LogP contribution is 2.30. The predicted octanol–water partition coefficient (Wildman–Crippen LogP) is 5.24. The molecule has 2 aliphatic rings. The molecule has 2 rings (SSSR count). The van der Waals surface area contributed by atoms with E-state index in [1.165, 1.54) is 44.9 Å². The molecule has 1 aliphatic heterocycles. The quantitative estimate of drug-likeness (QED) is 0.351. The summed E-state index contributed by atoms with van der Waals surface area (Å²) in [5.74, 6) is 0.180. The molecular formula is C22H39NO3. The fourth-order valence-electron chi connectivity index (χ4n) is 4.36. The number of unbranched alkanes of at least 4 members (excludes halogenated alkanes) is 8. The van der Waals surface area contributed by atoms with E-state index in [2.05, 4.69) is 6.92 Å². The number of esters is 1. The fraction of sp³-hybridized carbons (Fsp3) is 0.909. The highest BCUT2D eigenvalue weighted by atomic mass is 16.5. The Morgan fingerprint density at radius 3 is 2.12 bits per heavy atom. The van der Waals surface area contributed by atoms with Crippen molar-refractivity contribution in [2.75, 3.05) is 13.2 Å². The molecule has 1 atom stereocenters. The third-order valence-corrected chi connectivity index (χ3v) is 6.00. The number of carbonyl (C=O) groups excluding carboxylic acids is 2. The number of carbonyl (C=O) groups is 2. The summed E-state index contributed by atoms with van der Waals surface area (Å²) in [6.45, 7) is 3.49. The van der Waals surface area contributed by atoms with Gasteiger partial charge >= 0.3 is 5.97 Å². The van der Waals surface area contributed by atoms with E-state index in [0.29, 0.717) is 6.61 Å². The molecule has 0 aromatic rings. The third kappa shape index (κ3) is 6.92. The van der Waals surface area contributed by atoms with Crippen molar-refractivity contribution in [3.8, 4) is 0 Å². The van der Waals surface area contributed by atoms with Crippen molar-refractivity contribution < 1.29 is 14.3 Å². The van der Waals surface area contributed by atoms with Gasteiger partial charge in [0.15, 0.2) is 0 Å². The van der Waals surface area contributed by atoms with Gasteiger partial charge in [-0.2, -0.15) is 0 Å². The van der Waals surface area contributed by atoms with Crippen molar-refractivity contribution in [2.24, 2.45) is 5.92 Å². The minimum atomic E-state index is -0.318. The average molecular weight is 366 g/mol. The zero-order chi connectivity index (χ0) is 18.6. The molecule has 0 aromatic carbocycles. The Hall–Kier alpha value is -1.06. The Morgan fingerprint density at radius 1 is 0.846 bits per heavy atom. The van der Waals surface area contributed by atoms with Gasteiger partial charge in [-0.25, -0.2) is 4.79 Å². The molecule has 1 aliphatic carbocycles. The van der Waals surface area contributed by atoms with Crippen molar-refractivity contribution >= 4 is 11.9 Å². The van der Waals surface area contributed by atoms with E-state index in [-0.39, 0.29) is 23.8 Å². The fourth-order valence-corrected chi connectivity index (χ4v) is 4.36. The van der Waals surface area contributed by atoms with Crippen LogP contribution in [0.4, 0.5) is 0 Å². The molecule has 0 radical (unpaired) electrons. The van der Waals surface area contributed by atoms with Crippen molar-refractivity contribution in [3.05, 3.63) is 0 Å². The first-order chi connectivity index (χ1) is 12.7. The van der Waals surface area contributed by atoms with Crippen LogP contribution in [-0.4, -0.2) is 36.0 Å². The van der Waals surface area contributed by atoms with Crippen molar-refractivity contribution in [3.63, 3.8) is 0 Å². The van der Waals surface area contributed by atoms with E-state index in [1.807, 2.05) is 4.90 Å². The van der Waals surface area contributed by atoms with Crippen LogP contribution in [-0.2, 0) is 14.3 Å². The summed E-state index contributed by atoms with van der Waals surface area (Å²) < 4.78 is 5.50. The molecule has 0 N–H and O–H groups in total. The van der Waals surface area contributed by atoms with E-state index < -0.39 is 0 Å². The molecule has 1 unspecified atom stereocenters. The summed E-state index contributed by atoms with van der Waals surface area (Å²) in [5, 5.41) is 0. The van der Waals surface area contributed by atoms with Crippen molar-refractivity contribution in [1.82, 2.24) is 4.90 Å². The van der Waals surface area contributed by atoms with Gasteiger partial charge in [-0.3, -0.25) is 4.79 Å². The van der Waals surface area contributed by atoms with Gasteiger partial charge in [-0.05, 0) is 32.1 Å². The van der Waals surface area contributed by atoms with E-state index >= 15 is 0 Å². The Balaban J connectivity index is 1.55. The lowest BCUT2D eigenvalue weighted by Gasteiger charge is -2.26. The first-order valence-corrected chi connectivity index (χ1v) is 11.2. The number of hydrogen-bond acceptors (Lipinski definition) is 3.